The number of hydrogen-bond donors (Lipinski definition) is 1. The smallest absolute Gasteiger partial charge is 0.248 e. The van der Waals surface area contributed by atoms with E-state index in [-0.39, 0.29) is 12.5 Å². The molecule has 0 heterocycles. The molecule has 4 heteroatoms. The van der Waals surface area contributed by atoms with Crippen LogP contribution in [0.2, 0.25) is 0 Å². The van der Waals surface area contributed by atoms with Gasteiger partial charge in [-0.25, -0.2) is 0 Å². The Morgan fingerprint density at radius 2 is 2.33 bits per heavy atom. The molecule has 0 unspecified atom stereocenters. The second kappa shape index (κ2) is 4.42. The molecule has 1 saturated carbocycles. The summed E-state index contributed by atoms with van der Waals surface area (Å²) in [6, 6.07) is 0.471. The molecule has 1 fully saturated rings. The van der Waals surface area contributed by atoms with E-state index in [4.69, 9.17) is 10.5 Å². The maximum Gasteiger partial charge on any atom is 0.248 e. The first-order valence-electron chi connectivity index (χ1n) is 4.29. The van der Waals surface area contributed by atoms with Gasteiger partial charge in [0.2, 0.25) is 5.91 Å². The van der Waals surface area contributed by atoms with Crippen molar-refractivity contribution < 1.29 is 9.53 Å². The fraction of sp³-hybridized carbons (Fsp3) is 0.875. The minimum atomic E-state index is 0.0611. The Labute approximate surface area is 72.7 Å². The van der Waals surface area contributed by atoms with Crippen molar-refractivity contribution in [3.05, 3.63) is 0 Å². The lowest BCUT2D eigenvalue weighted by molar-refractivity contribution is -0.135. The first-order valence-corrected chi connectivity index (χ1v) is 4.29. The van der Waals surface area contributed by atoms with Gasteiger partial charge >= 0.3 is 0 Å². The lowest BCUT2D eigenvalue weighted by Crippen LogP contribution is -2.32. The van der Waals surface area contributed by atoms with Crippen molar-refractivity contribution in [1.29, 1.82) is 0 Å². The maximum atomic E-state index is 11.3. The van der Waals surface area contributed by atoms with E-state index in [1.54, 1.807) is 4.90 Å². The number of carbonyl (C=O) groups is 1. The van der Waals surface area contributed by atoms with Crippen LogP contribution in [0.3, 0.4) is 0 Å². The van der Waals surface area contributed by atoms with Gasteiger partial charge in [-0.15, -0.1) is 0 Å². The normalized spacial score (nSPS) is 16.2. The number of nitrogens with zero attached hydrogens (tertiary/aromatic N) is 1. The summed E-state index contributed by atoms with van der Waals surface area (Å²) in [5.74, 6) is 0.0611. The van der Waals surface area contributed by atoms with Crippen LogP contribution in [0.5, 0.6) is 0 Å². The highest BCUT2D eigenvalue weighted by atomic mass is 16.5. The molecular formula is C8H16N2O2. The molecule has 0 aromatic carbocycles. The number of rotatable bonds is 5. The van der Waals surface area contributed by atoms with E-state index >= 15 is 0 Å². The molecule has 0 aliphatic heterocycles. The molecule has 1 aliphatic rings. The van der Waals surface area contributed by atoms with Gasteiger partial charge in [-0.3, -0.25) is 4.79 Å². The van der Waals surface area contributed by atoms with Gasteiger partial charge in [0, 0.05) is 19.6 Å². The molecule has 0 atom stereocenters. The molecule has 0 aromatic heterocycles. The van der Waals surface area contributed by atoms with Crippen LogP contribution in [0.4, 0.5) is 0 Å². The van der Waals surface area contributed by atoms with Crippen LogP contribution < -0.4 is 5.73 Å². The third-order valence-electron chi connectivity index (χ3n) is 1.98. The van der Waals surface area contributed by atoms with Gasteiger partial charge in [-0.2, -0.15) is 0 Å². The summed E-state index contributed by atoms with van der Waals surface area (Å²) < 4.78 is 5.03. The zero-order valence-corrected chi connectivity index (χ0v) is 7.45. The molecule has 70 valence electrons. The molecule has 0 saturated heterocycles. The third kappa shape index (κ3) is 2.79. The summed E-state index contributed by atoms with van der Waals surface area (Å²) in [5.41, 5.74) is 5.21. The highest BCUT2D eigenvalue weighted by molar-refractivity contribution is 5.77. The average Bonchev–Trinajstić information content (AvgIpc) is 2.86. The van der Waals surface area contributed by atoms with Gasteiger partial charge in [0.05, 0.1) is 6.61 Å². The van der Waals surface area contributed by atoms with Crippen molar-refractivity contribution in [2.24, 2.45) is 5.73 Å². The van der Waals surface area contributed by atoms with Crippen molar-refractivity contribution >= 4 is 5.91 Å². The van der Waals surface area contributed by atoms with Crippen LogP contribution in [-0.2, 0) is 9.53 Å². The highest BCUT2D eigenvalue weighted by Crippen LogP contribution is 2.25. The molecule has 1 amide bonds. The standard InChI is InChI=1S/C8H16N2O2/c1-10(7-2-3-7)8(11)6-12-5-4-9/h7H,2-6,9H2,1H3. The van der Waals surface area contributed by atoms with Gasteiger partial charge < -0.3 is 15.4 Å². The number of carbonyl (C=O) groups excluding carboxylic acids is 1. The van der Waals surface area contributed by atoms with Crippen LogP contribution in [0.15, 0.2) is 0 Å². The zero-order chi connectivity index (χ0) is 8.97. The number of hydrogen-bond acceptors (Lipinski definition) is 3. The summed E-state index contributed by atoms with van der Waals surface area (Å²) in [6.07, 6.45) is 2.28. The van der Waals surface area contributed by atoms with E-state index in [0.717, 1.165) is 12.8 Å². The predicted octanol–water partition coefficient (Wildman–Crippen LogP) is -0.417. The molecule has 0 radical (unpaired) electrons. The molecule has 0 spiro atoms. The van der Waals surface area contributed by atoms with Gasteiger partial charge in [-0.05, 0) is 12.8 Å². The third-order valence-corrected chi connectivity index (χ3v) is 1.98. The van der Waals surface area contributed by atoms with E-state index in [9.17, 15) is 4.79 Å². The zero-order valence-electron chi connectivity index (χ0n) is 7.45. The van der Waals surface area contributed by atoms with E-state index < -0.39 is 0 Å². The van der Waals surface area contributed by atoms with Crippen molar-refractivity contribution in [3.8, 4) is 0 Å². The van der Waals surface area contributed by atoms with Gasteiger partial charge in [-0.1, -0.05) is 0 Å². The Morgan fingerprint density at radius 1 is 1.67 bits per heavy atom. The monoisotopic (exact) mass is 172 g/mol. The summed E-state index contributed by atoms with van der Waals surface area (Å²) in [5, 5.41) is 0. The Bertz CT molecular complexity index is 157. The SMILES string of the molecule is CN(C(=O)COCCN)C1CC1. The number of amides is 1. The Morgan fingerprint density at radius 3 is 2.83 bits per heavy atom. The second-order valence-corrected chi connectivity index (χ2v) is 3.08. The van der Waals surface area contributed by atoms with Crippen LogP contribution in [0.25, 0.3) is 0 Å². The first-order chi connectivity index (χ1) is 5.75. The fourth-order valence-electron chi connectivity index (χ4n) is 1.01. The Balaban J connectivity index is 2.09. The topological polar surface area (TPSA) is 55.6 Å². The molecule has 1 aliphatic carbocycles. The summed E-state index contributed by atoms with van der Waals surface area (Å²) >= 11 is 0. The fourth-order valence-corrected chi connectivity index (χ4v) is 1.01. The highest BCUT2D eigenvalue weighted by Gasteiger charge is 2.29. The average molecular weight is 172 g/mol. The van der Waals surface area contributed by atoms with E-state index in [1.807, 2.05) is 7.05 Å². The molecule has 0 aromatic rings. The molecule has 1 rings (SSSR count). The number of nitrogens with two attached hydrogens (primary N) is 1. The van der Waals surface area contributed by atoms with Crippen LogP contribution in [0.1, 0.15) is 12.8 Å². The minimum Gasteiger partial charge on any atom is -0.370 e. The second-order valence-electron chi connectivity index (χ2n) is 3.08. The van der Waals surface area contributed by atoms with Crippen molar-refractivity contribution in [1.82, 2.24) is 4.90 Å². The van der Waals surface area contributed by atoms with E-state index in [1.165, 1.54) is 0 Å². The molecular weight excluding hydrogens is 156 g/mol. The first kappa shape index (κ1) is 9.48. The van der Waals surface area contributed by atoms with Crippen LogP contribution in [0, 0.1) is 0 Å². The van der Waals surface area contributed by atoms with Gasteiger partial charge in [0.1, 0.15) is 6.61 Å². The van der Waals surface area contributed by atoms with E-state index in [2.05, 4.69) is 0 Å². The maximum absolute atomic E-state index is 11.3. The predicted molar refractivity (Wildman–Crippen MR) is 45.7 cm³/mol. The van der Waals surface area contributed by atoms with Gasteiger partial charge in [0.15, 0.2) is 0 Å². The Hall–Kier alpha value is -0.610. The molecule has 12 heavy (non-hydrogen) atoms. The van der Waals surface area contributed by atoms with Gasteiger partial charge in [0.25, 0.3) is 0 Å². The number of ether oxygens (including phenoxy) is 1. The molecule has 2 N–H and O–H groups in total. The molecule has 4 nitrogen and oxygen atoms in total. The summed E-state index contributed by atoms with van der Waals surface area (Å²) in [6.45, 7) is 1.11. The summed E-state index contributed by atoms with van der Waals surface area (Å²) in [7, 11) is 1.83. The minimum absolute atomic E-state index is 0.0611. The number of likely N-dealkylation sites (N-methyl/N-ethyl adjacent to an activating group) is 1. The largest absolute Gasteiger partial charge is 0.370 e. The van der Waals surface area contributed by atoms with Crippen LogP contribution in [-0.4, -0.2) is 43.7 Å². The quantitative estimate of drug-likeness (QED) is 0.573. The lowest BCUT2D eigenvalue weighted by atomic mass is 10.5. The lowest BCUT2D eigenvalue weighted by Gasteiger charge is -2.15. The Kier molecular flexibility index (Phi) is 3.49. The summed E-state index contributed by atoms with van der Waals surface area (Å²) in [4.78, 5) is 13.0. The van der Waals surface area contributed by atoms with E-state index in [0.29, 0.717) is 19.2 Å². The van der Waals surface area contributed by atoms with Crippen molar-refractivity contribution in [2.45, 2.75) is 18.9 Å². The van der Waals surface area contributed by atoms with Crippen LogP contribution >= 0.6 is 0 Å². The molecule has 0 bridgehead atoms. The van der Waals surface area contributed by atoms with Crippen molar-refractivity contribution in [2.75, 3.05) is 26.8 Å². The van der Waals surface area contributed by atoms with Crippen molar-refractivity contribution in [3.63, 3.8) is 0 Å².